The van der Waals surface area contributed by atoms with Crippen LogP contribution in [0.1, 0.15) is 35.7 Å². The normalized spacial score (nSPS) is 20.8. The SMILES string of the molecule is N#Cc1cccc(-n2cc(C3CCC4CN(c5ncc(F)cc5C#N)CCN43)nn2)c1. The van der Waals surface area contributed by atoms with E-state index in [-0.39, 0.29) is 11.6 Å². The first-order chi connectivity index (χ1) is 15.2. The van der Waals surface area contributed by atoms with Gasteiger partial charge in [-0.25, -0.2) is 14.1 Å². The van der Waals surface area contributed by atoms with Gasteiger partial charge in [0, 0.05) is 25.7 Å². The number of fused-ring (bicyclic) bond motifs is 1. The van der Waals surface area contributed by atoms with E-state index in [1.54, 1.807) is 16.8 Å². The van der Waals surface area contributed by atoms with Gasteiger partial charge in [0.05, 0.1) is 41.3 Å². The van der Waals surface area contributed by atoms with E-state index in [4.69, 9.17) is 5.26 Å². The summed E-state index contributed by atoms with van der Waals surface area (Å²) in [5, 5.41) is 27.2. The topological polar surface area (TPSA) is 97.7 Å². The fourth-order valence-electron chi connectivity index (χ4n) is 4.60. The first-order valence-electron chi connectivity index (χ1n) is 10.2. The van der Waals surface area contributed by atoms with Crippen LogP contribution in [-0.4, -0.2) is 50.6 Å². The average molecular weight is 414 g/mol. The van der Waals surface area contributed by atoms with Crippen molar-refractivity contribution < 1.29 is 4.39 Å². The molecule has 2 atom stereocenters. The Hall–Kier alpha value is -3.82. The highest BCUT2D eigenvalue weighted by atomic mass is 19.1. The van der Waals surface area contributed by atoms with Gasteiger partial charge in [-0.15, -0.1) is 5.10 Å². The molecule has 9 heteroatoms. The van der Waals surface area contributed by atoms with Crippen molar-refractivity contribution in [3.05, 3.63) is 65.4 Å². The van der Waals surface area contributed by atoms with Gasteiger partial charge in [-0.05, 0) is 37.1 Å². The smallest absolute Gasteiger partial charge is 0.146 e. The Morgan fingerprint density at radius 1 is 1.10 bits per heavy atom. The molecule has 0 radical (unpaired) electrons. The highest BCUT2D eigenvalue weighted by molar-refractivity contribution is 5.54. The second-order valence-electron chi connectivity index (χ2n) is 7.82. The molecule has 2 fully saturated rings. The zero-order valence-electron chi connectivity index (χ0n) is 16.7. The number of rotatable bonds is 3. The molecule has 1 aromatic carbocycles. The molecule has 0 saturated carbocycles. The maximum absolute atomic E-state index is 13.5. The number of nitriles is 2. The number of anilines is 1. The molecule has 2 aliphatic heterocycles. The summed E-state index contributed by atoms with van der Waals surface area (Å²) in [6.07, 6.45) is 5.07. The lowest BCUT2D eigenvalue weighted by molar-refractivity contribution is 0.173. The Labute approximate surface area is 178 Å². The van der Waals surface area contributed by atoms with Crippen LogP contribution in [0, 0.1) is 28.5 Å². The summed E-state index contributed by atoms with van der Waals surface area (Å²) in [4.78, 5) is 8.69. The number of pyridine rings is 1. The zero-order valence-corrected chi connectivity index (χ0v) is 16.7. The summed E-state index contributed by atoms with van der Waals surface area (Å²) in [6, 6.07) is 13.2. The molecule has 4 heterocycles. The summed E-state index contributed by atoms with van der Waals surface area (Å²) in [5.41, 5.74) is 2.57. The first kappa shape index (κ1) is 19.2. The van der Waals surface area contributed by atoms with Gasteiger partial charge in [-0.1, -0.05) is 11.3 Å². The maximum Gasteiger partial charge on any atom is 0.146 e. The molecule has 31 heavy (non-hydrogen) atoms. The van der Waals surface area contributed by atoms with Gasteiger partial charge in [0.1, 0.15) is 23.4 Å². The van der Waals surface area contributed by atoms with Gasteiger partial charge in [0.25, 0.3) is 0 Å². The molecular formula is C22H19FN8. The van der Waals surface area contributed by atoms with Crippen molar-refractivity contribution in [1.29, 1.82) is 10.5 Å². The highest BCUT2D eigenvalue weighted by Crippen LogP contribution is 2.38. The number of halogens is 1. The largest absolute Gasteiger partial charge is 0.353 e. The van der Waals surface area contributed by atoms with Crippen molar-refractivity contribution in [1.82, 2.24) is 24.9 Å². The van der Waals surface area contributed by atoms with E-state index in [0.717, 1.165) is 37.3 Å². The molecule has 2 unspecified atom stereocenters. The molecule has 2 saturated heterocycles. The van der Waals surface area contributed by atoms with Crippen LogP contribution in [0.4, 0.5) is 10.2 Å². The lowest BCUT2D eigenvalue weighted by atomic mass is 10.1. The summed E-state index contributed by atoms with van der Waals surface area (Å²) in [5.74, 6) is 0.0542. The third-order valence-electron chi connectivity index (χ3n) is 6.05. The maximum atomic E-state index is 13.5. The van der Waals surface area contributed by atoms with Gasteiger partial charge >= 0.3 is 0 Å². The molecule has 0 aliphatic carbocycles. The number of aromatic nitrogens is 4. The predicted molar refractivity (Wildman–Crippen MR) is 110 cm³/mol. The first-order valence-corrected chi connectivity index (χ1v) is 10.2. The molecule has 0 bridgehead atoms. The number of benzene rings is 1. The quantitative estimate of drug-likeness (QED) is 0.650. The molecule has 0 N–H and O–H groups in total. The zero-order chi connectivity index (χ0) is 21.4. The molecule has 2 aliphatic rings. The van der Waals surface area contributed by atoms with E-state index in [9.17, 15) is 9.65 Å². The standard InChI is InChI=1S/C22H19FN8/c23-17-9-16(11-25)22(26-12-17)29-6-7-30-19(13-29)4-5-21(30)20-14-31(28-27-20)18-3-1-2-15(8-18)10-24/h1-3,8-9,12,14,19,21H,4-7,13H2. The van der Waals surface area contributed by atoms with E-state index in [1.807, 2.05) is 18.3 Å². The van der Waals surface area contributed by atoms with Gasteiger partial charge in [0.15, 0.2) is 0 Å². The molecular weight excluding hydrogens is 395 g/mol. The number of piperazine rings is 1. The Kier molecular flexibility index (Phi) is 4.81. The Morgan fingerprint density at radius 3 is 2.84 bits per heavy atom. The van der Waals surface area contributed by atoms with Crippen molar-refractivity contribution in [2.24, 2.45) is 0 Å². The van der Waals surface area contributed by atoms with E-state index in [1.165, 1.54) is 12.3 Å². The van der Waals surface area contributed by atoms with Crippen LogP contribution >= 0.6 is 0 Å². The van der Waals surface area contributed by atoms with Crippen molar-refractivity contribution >= 4 is 5.82 Å². The van der Waals surface area contributed by atoms with Crippen molar-refractivity contribution in [2.45, 2.75) is 24.9 Å². The summed E-state index contributed by atoms with van der Waals surface area (Å²) >= 11 is 0. The van der Waals surface area contributed by atoms with Gasteiger partial charge < -0.3 is 4.90 Å². The van der Waals surface area contributed by atoms with Crippen LogP contribution in [0.2, 0.25) is 0 Å². The van der Waals surface area contributed by atoms with Crippen LogP contribution in [0.25, 0.3) is 5.69 Å². The van der Waals surface area contributed by atoms with E-state index < -0.39 is 5.82 Å². The molecule has 3 aromatic rings. The van der Waals surface area contributed by atoms with Gasteiger partial charge in [0.2, 0.25) is 0 Å². The fraction of sp³-hybridized carbons (Fsp3) is 0.318. The number of hydrogen-bond acceptors (Lipinski definition) is 7. The lowest BCUT2D eigenvalue weighted by Crippen LogP contribution is -2.51. The molecule has 8 nitrogen and oxygen atoms in total. The van der Waals surface area contributed by atoms with Crippen molar-refractivity contribution in [2.75, 3.05) is 24.5 Å². The third kappa shape index (κ3) is 3.49. The van der Waals surface area contributed by atoms with E-state index in [2.05, 4.69) is 37.2 Å². The third-order valence-corrected chi connectivity index (χ3v) is 6.05. The van der Waals surface area contributed by atoms with E-state index in [0.29, 0.717) is 24.0 Å². The highest BCUT2D eigenvalue weighted by Gasteiger charge is 2.40. The minimum atomic E-state index is -0.497. The van der Waals surface area contributed by atoms with Crippen molar-refractivity contribution in [3.63, 3.8) is 0 Å². The van der Waals surface area contributed by atoms with Crippen LogP contribution in [0.3, 0.4) is 0 Å². The summed E-state index contributed by atoms with van der Waals surface area (Å²) in [7, 11) is 0. The van der Waals surface area contributed by atoms with Crippen LogP contribution in [0.15, 0.2) is 42.7 Å². The lowest BCUT2D eigenvalue weighted by Gasteiger charge is -2.40. The van der Waals surface area contributed by atoms with Gasteiger partial charge in [-0.2, -0.15) is 10.5 Å². The summed E-state index contributed by atoms with van der Waals surface area (Å²) in [6.45, 7) is 2.25. The minimum absolute atomic E-state index is 0.177. The Bertz CT molecular complexity index is 1210. The minimum Gasteiger partial charge on any atom is -0.353 e. The number of nitrogens with zero attached hydrogens (tertiary/aromatic N) is 8. The van der Waals surface area contributed by atoms with Crippen LogP contribution < -0.4 is 4.90 Å². The molecule has 2 aromatic heterocycles. The molecule has 154 valence electrons. The van der Waals surface area contributed by atoms with Gasteiger partial charge in [-0.3, -0.25) is 4.90 Å². The second kappa shape index (κ2) is 7.78. The number of hydrogen-bond donors (Lipinski definition) is 0. The monoisotopic (exact) mass is 414 g/mol. The molecule has 0 amide bonds. The molecule has 5 rings (SSSR count). The van der Waals surface area contributed by atoms with Crippen LogP contribution in [0.5, 0.6) is 0 Å². The van der Waals surface area contributed by atoms with E-state index >= 15 is 0 Å². The summed E-state index contributed by atoms with van der Waals surface area (Å²) < 4.78 is 15.2. The Balaban J connectivity index is 1.33. The average Bonchev–Trinajstić information content (AvgIpc) is 3.45. The van der Waals surface area contributed by atoms with Crippen LogP contribution in [-0.2, 0) is 0 Å². The second-order valence-corrected chi connectivity index (χ2v) is 7.82. The Morgan fingerprint density at radius 2 is 2.00 bits per heavy atom. The predicted octanol–water partition coefficient (Wildman–Crippen LogP) is 2.57. The van der Waals surface area contributed by atoms with Crippen molar-refractivity contribution in [3.8, 4) is 17.8 Å². The fourth-order valence-corrected chi connectivity index (χ4v) is 4.60. The molecule has 0 spiro atoms.